The number of halogens is 5. The van der Waals surface area contributed by atoms with Crippen molar-refractivity contribution in [3.8, 4) is 0 Å². The Morgan fingerprint density at radius 3 is 2.48 bits per heavy atom. The lowest BCUT2D eigenvalue weighted by atomic mass is 9.95. The number of carbonyl (C=O) groups excluding carboxylic acids is 1. The summed E-state index contributed by atoms with van der Waals surface area (Å²) in [4.78, 5) is 13.8. The predicted octanol–water partition coefficient (Wildman–Crippen LogP) is 4.08. The molecule has 0 spiro atoms. The van der Waals surface area contributed by atoms with Gasteiger partial charge in [-0.1, -0.05) is 11.6 Å². The van der Waals surface area contributed by atoms with Crippen molar-refractivity contribution in [1.82, 2.24) is 4.90 Å². The number of hydrogen-bond acceptors (Lipinski definition) is 2. The van der Waals surface area contributed by atoms with Crippen LogP contribution in [0.2, 0.25) is 5.02 Å². The molecule has 1 saturated heterocycles. The molecule has 1 fully saturated rings. The van der Waals surface area contributed by atoms with Crippen LogP contribution in [0.25, 0.3) is 0 Å². The lowest BCUT2D eigenvalue weighted by Crippen LogP contribution is -2.39. The van der Waals surface area contributed by atoms with Gasteiger partial charge in [-0.25, -0.2) is 4.39 Å². The van der Waals surface area contributed by atoms with E-state index >= 15 is 0 Å². The Morgan fingerprint density at radius 2 is 1.91 bits per heavy atom. The molecule has 1 aromatic carbocycles. The fourth-order valence-electron chi connectivity index (χ4n) is 2.57. The molecule has 0 bridgehead atoms. The summed E-state index contributed by atoms with van der Waals surface area (Å²) in [6.45, 7) is 0.841. The predicted molar refractivity (Wildman–Crippen MR) is 79.9 cm³/mol. The summed E-state index contributed by atoms with van der Waals surface area (Å²) in [7, 11) is 0. The van der Waals surface area contributed by atoms with Crippen molar-refractivity contribution in [1.29, 1.82) is 0 Å². The second-order valence-electron chi connectivity index (χ2n) is 5.63. The summed E-state index contributed by atoms with van der Waals surface area (Å²) in [6.07, 6.45) is -4.05. The molecule has 1 aliphatic heterocycles. The van der Waals surface area contributed by atoms with E-state index in [-0.39, 0.29) is 29.1 Å². The highest BCUT2D eigenvalue weighted by molar-refractivity contribution is 6.30. The van der Waals surface area contributed by atoms with Gasteiger partial charge in [0.2, 0.25) is 5.91 Å². The number of benzene rings is 1. The van der Waals surface area contributed by atoms with Gasteiger partial charge in [0.15, 0.2) is 0 Å². The lowest BCUT2D eigenvalue weighted by molar-refractivity contribution is -0.139. The largest absolute Gasteiger partial charge is 0.390 e. The van der Waals surface area contributed by atoms with Gasteiger partial charge in [0.05, 0.1) is 6.42 Å². The zero-order chi connectivity index (χ0) is 17.0. The van der Waals surface area contributed by atoms with E-state index in [1.54, 1.807) is 4.90 Å². The Kier molecular flexibility index (Phi) is 5.86. The van der Waals surface area contributed by atoms with E-state index in [0.717, 1.165) is 6.07 Å². The molecule has 1 amide bonds. The average molecular weight is 353 g/mol. The van der Waals surface area contributed by atoms with Crippen LogP contribution in [0.3, 0.4) is 0 Å². The fourth-order valence-corrected chi connectivity index (χ4v) is 2.80. The minimum Gasteiger partial charge on any atom is -0.326 e. The lowest BCUT2D eigenvalue weighted by Gasteiger charge is -2.31. The first-order chi connectivity index (χ1) is 10.7. The van der Waals surface area contributed by atoms with Crippen LogP contribution in [0.1, 0.15) is 19.3 Å². The molecule has 23 heavy (non-hydrogen) atoms. The first-order valence-electron chi connectivity index (χ1n) is 7.29. The monoisotopic (exact) mass is 352 g/mol. The van der Waals surface area contributed by atoms with E-state index in [1.165, 1.54) is 12.1 Å². The summed E-state index contributed by atoms with van der Waals surface area (Å²) < 4.78 is 49.8. The molecule has 0 saturated carbocycles. The van der Waals surface area contributed by atoms with Gasteiger partial charge in [0.25, 0.3) is 0 Å². The van der Waals surface area contributed by atoms with Gasteiger partial charge in [-0.3, -0.25) is 4.79 Å². The zero-order valence-corrected chi connectivity index (χ0v) is 13.1. The Labute approximate surface area is 136 Å². The number of alkyl halides is 3. The molecule has 0 aliphatic carbocycles. The number of nitrogens with one attached hydrogen (secondary N) is 1. The highest BCUT2D eigenvalue weighted by atomic mass is 35.5. The molecule has 1 aliphatic rings. The third kappa shape index (κ3) is 5.99. The van der Waals surface area contributed by atoms with E-state index in [9.17, 15) is 22.4 Å². The summed E-state index contributed by atoms with van der Waals surface area (Å²) in [5, 5.41) is 2.79. The highest BCUT2D eigenvalue weighted by Gasteiger charge is 2.30. The minimum absolute atomic E-state index is 0.0443. The van der Waals surface area contributed by atoms with Gasteiger partial charge >= 0.3 is 6.18 Å². The molecule has 1 aromatic rings. The van der Waals surface area contributed by atoms with Crippen molar-refractivity contribution in [3.63, 3.8) is 0 Å². The number of rotatable bonds is 4. The van der Waals surface area contributed by atoms with E-state index in [4.69, 9.17) is 11.6 Å². The molecule has 0 atom stereocenters. The second-order valence-corrected chi connectivity index (χ2v) is 6.06. The van der Waals surface area contributed by atoms with Gasteiger partial charge in [0.1, 0.15) is 5.82 Å². The average Bonchev–Trinajstić information content (AvgIpc) is 2.43. The standard InChI is InChI=1S/C15H17ClF4N2O/c16-11-7-12(17)9-13(8-11)21-14(23)10-1-4-22(5-2-10)6-3-15(18,19)20/h7-10H,1-6H2,(H,21,23). The molecule has 3 nitrogen and oxygen atoms in total. The Hall–Kier alpha value is -1.34. The molecule has 1 N–H and O–H groups in total. The molecule has 1 heterocycles. The van der Waals surface area contributed by atoms with Gasteiger partial charge in [-0.05, 0) is 44.1 Å². The zero-order valence-electron chi connectivity index (χ0n) is 12.3. The van der Waals surface area contributed by atoms with Crippen molar-refractivity contribution >= 4 is 23.2 Å². The summed E-state index contributed by atoms with van der Waals surface area (Å²) >= 11 is 5.72. The Balaban J connectivity index is 1.81. The third-order valence-corrected chi connectivity index (χ3v) is 4.02. The Morgan fingerprint density at radius 1 is 1.26 bits per heavy atom. The maximum absolute atomic E-state index is 13.2. The topological polar surface area (TPSA) is 32.3 Å². The van der Waals surface area contributed by atoms with Crippen LogP contribution in [-0.2, 0) is 4.79 Å². The molecule has 8 heteroatoms. The molecular formula is C15H17ClF4N2O. The van der Waals surface area contributed by atoms with Crippen LogP contribution in [0, 0.1) is 11.7 Å². The normalized spacial score (nSPS) is 17.3. The van der Waals surface area contributed by atoms with Crippen LogP contribution >= 0.6 is 11.6 Å². The van der Waals surface area contributed by atoms with Crippen molar-refractivity contribution in [2.75, 3.05) is 25.0 Å². The SMILES string of the molecule is O=C(Nc1cc(F)cc(Cl)c1)C1CCN(CCC(F)(F)F)CC1. The second kappa shape index (κ2) is 7.49. The molecule has 2 rings (SSSR count). The van der Waals surface area contributed by atoms with Gasteiger partial charge in [-0.15, -0.1) is 0 Å². The number of hydrogen-bond donors (Lipinski definition) is 1. The minimum atomic E-state index is -4.16. The molecule has 0 aromatic heterocycles. The number of piperidine rings is 1. The molecule has 0 unspecified atom stereocenters. The summed E-state index contributed by atoms with van der Waals surface area (Å²) in [5.74, 6) is -1.10. The molecule has 0 radical (unpaired) electrons. The number of likely N-dealkylation sites (tertiary alicyclic amines) is 1. The fraction of sp³-hybridized carbons (Fsp3) is 0.533. The van der Waals surface area contributed by atoms with Crippen LogP contribution in [-0.4, -0.2) is 36.6 Å². The smallest absolute Gasteiger partial charge is 0.326 e. The van der Waals surface area contributed by atoms with Crippen molar-refractivity contribution in [3.05, 3.63) is 29.0 Å². The maximum atomic E-state index is 13.2. The molecular weight excluding hydrogens is 336 g/mol. The number of amides is 1. The maximum Gasteiger partial charge on any atom is 0.390 e. The summed E-state index contributed by atoms with van der Waals surface area (Å²) in [5.41, 5.74) is 0.277. The van der Waals surface area contributed by atoms with Crippen LogP contribution in [0.4, 0.5) is 23.2 Å². The van der Waals surface area contributed by atoms with E-state index in [0.29, 0.717) is 25.9 Å². The summed E-state index contributed by atoms with van der Waals surface area (Å²) in [6, 6.07) is 3.75. The first kappa shape index (κ1) is 18.0. The third-order valence-electron chi connectivity index (χ3n) is 3.80. The highest BCUT2D eigenvalue weighted by Crippen LogP contribution is 2.24. The van der Waals surface area contributed by atoms with Crippen molar-refractivity contribution < 1.29 is 22.4 Å². The van der Waals surface area contributed by atoms with Gasteiger partial charge in [-0.2, -0.15) is 13.2 Å². The number of carbonyl (C=O) groups is 1. The first-order valence-corrected chi connectivity index (χ1v) is 7.67. The van der Waals surface area contributed by atoms with Gasteiger partial charge in [0, 0.05) is 23.2 Å². The quantitative estimate of drug-likeness (QED) is 0.828. The van der Waals surface area contributed by atoms with Crippen LogP contribution in [0.5, 0.6) is 0 Å². The number of nitrogens with zero attached hydrogens (tertiary/aromatic N) is 1. The van der Waals surface area contributed by atoms with Gasteiger partial charge < -0.3 is 10.2 Å². The Bertz CT molecular complexity index is 537. The van der Waals surface area contributed by atoms with E-state index in [1.807, 2.05) is 0 Å². The van der Waals surface area contributed by atoms with E-state index < -0.39 is 18.4 Å². The van der Waals surface area contributed by atoms with Crippen molar-refractivity contribution in [2.45, 2.75) is 25.4 Å². The van der Waals surface area contributed by atoms with Crippen molar-refractivity contribution in [2.24, 2.45) is 5.92 Å². The van der Waals surface area contributed by atoms with E-state index in [2.05, 4.69) is 5.32 Å². The number of anilines is 1. The van der Waals surface area contributed by atoms with Crippen LogP contribution < -0.4 is 5.32 Å². The van der Waals surface area contributed by atoms with Crippen LogP contribution in [0.15, 0.2) is 18.2 Å². The molecule has 128 valence electrons.